The fourth-order valence-electron chi connectivity index (χ4n) is 2.32. The van der Waals surface area contributed by atoms with E-state index in [1.165, 1.54) is 6.07 Å². The number of benzene rings is 2. The molecular formula is C16H18BrFN2O. The zero-order chi connectivity index (χ0) is 15.4. The number of hydrogen-bond acceptors (Lipinski definition) is 3. The number of rotatable bonds is 5. The van der Waals surface area contributed by atoms with Crippen molar-refractivity contribution in [3.8, 4) is 5.75 Å². The van der Waals surface area contributed by atoms with Gasteiger partial charge in [0, 0.05) is 0 Å². The van der Waals surface area contributed by atoms with Crippen molar-refractivity contribution in [3.05, 3.63) is 63.4 Å². The maximum atomic E-state index is 13.6. The Labute approximate surface area is 132 Å². The van der Waals surface area contributed by atoms with Crippen LogP contribution in [0.4, 0.5) is 4.39 Å². The molecule has 5 heteroatoms. The molecule has 0 bridgehead atoms. The van der Waals surface area contributed by atoms with Crippen LogP contribution < -0.4 is 16.0 Å². The lowest BCUT2D eigenvalue weighted by molar-refractivity contribution is 0.411. The predicted octanol–water partition coefficient (Wildman–Crippen LogP) is 3.65. The average Bonchev–Trinajstić information content (AvgIpc) is 2.48. The molecule has 0 aliphatic rings. The highest BCUT2D eigenvalue weighted by molar-refractivity contribution is 9.10. The van der Waals surface area contributed by atoms with E-state index in [9.17, 15) is 4.39 Å². The Morgan fingerprint density at radius 2 is 2.10 bits per heavy atom. The maximum Gasteiger partial charge on any atom is 0.137 e. The summed E-state index contributed by atoms with van der Waals surface area (Å²) in [6.45, 7) is 1.98. The van der Waals surface area contributed by atoms with Crippen LogP contribution in [0.15, 0.2) is 40.9 Å². The Hall–Kier alpha value is -1.43. The van der Waals surface area contributed by atoms with E-state index in [-0.39, 0.29) is 11.9 Å². The van der Waals surface area contributed by atoms with Crippen LogP contribution in [-0.2, 0) is 6.42 Å². The fourth-order valence-corrected chi connectivity index (χ4v) is 2.74. The van der Waals surface area contributed by atoms with E-state index in [0.29, 0.717) is 10.9 Å². The third-order valence-corrected chi connectivity index (χ3v) is 4.37. The van der Waals surface area contributed by atoms with Gasteiger partial charge in [-0.3, -0.25) is 11.3 Å². The van der Waals surface area contributed by atoms with Crippen molar-refractivity contribution in [2.24, 2.45) is 5.84 Å². The molecule has 0 heterocycles. The van der Waals surface area contributed by atoms with Crippen molar-refractivity contribution in [2.45, 2.75) is 19.4 Å². The molecule has 21 heavy (non-hydrogen) atoms. The van der Waals surface area contributed by atoms with Crippen LogP contribution in [0, 0.1) is 12.7 Å². The van der Waals surface area contributed by atoms with Gasteiger partial charge in [0.15, 0.2) is 0 Å². The second-order valence-electron chi connectivity index (χ2n) is 4.87. The summed E-state index contributed by atoms with van der Waals surface area (Å²) >= 11 is 3.28. The summed E-state index contributed by atoms with van der Waals surface area (Å²) in [6.07, 6.45) is 0.584. The van der Waals surface area contributed by atoms with Crippen molar-refractivity contribution in [2.75, 3.05) is 7.11 Å². The van der Waals surface area contributed by atoms with Gasteiger partial charge < -0.3 is 4.74 Å². The second-order valence-corrected chi connectivity index (χ2v) is 5.66. The minimum Gasteiger partial charge on any atom is -0.496 e. The molecule has 1 unspecified atom stereocenters. The highest BCUT2D eigenvalue weighted by Gasteiger charge is 2.15. The number of halogens is 2. The van der Waals surface area contributed by atoms with E-state index in [0.717, 1.165) is 22.4 Å². The summed E-state index contributed by atoms with van der Waals surface area (Å²) in [7, 11) is 1.64. The lowest BCUT2D eigenvalue weighted by Gasteiger charge is -2.19. The molecule has 2 aromatic rings. The van der Waals surface area contributed by atoms with Crippen molar-refractivity contribution < 1.29 is 9.13 Å². The third-order valence-electron chi connectivity index (χ3n) is 3.48. The van der Waals surface area contributed by atoms with Gasteiger partial charge in [0.1, 0.15) is 11.6 Å². The third kappa shape index (κ3) is 3.61. The van der Waals surface area contributed by atoms with Gasteiger partial charge in [-0.2, -0.15) is 0 Å². The Balaban J connectivity index is 2.28. The van der Waals surface area contributed by atoms with Crippen LogP contribution in [0.3, 0.4) is 0 Å². The molecule has 3 N–H and O–H groups in total. The molecule has 0 aliphatic carbocycles. The average molecular weight is 353 g/mol. The van der Waals surface area contributed by atoms with Crippen LogP contribution in [0.1, 0.15) is 22.7 Å². The van der Waals surface area contributed by atoms with E-state index >= 15 is 0 Å². The molecule has 0 radical (unpaired) electrons. The molecule has 0 saturated carbocycles. The number of ether oxygens (including phenoxy) is 1. The second kappa shape index (κ2) is 7.02. The Bertz CT molecular complexity index is 634. The van der Waals surface area contributed by atoms with E-state index in [2.05, 4.69) is 21.4 Å². The fraction of sp³-hybridized carbons (Fsp3) is 0.250. The van der Waals surface area contributed by atoms with Gasteiger partial charge in [-0.1, -0.05) is 24.3 Å². The Morgan fingerprint density at radius 1 is 1.33 bits per heavy atom. The molecule has 3 nitrogen and oxygen atoms in total. The van der Waals surface area contributed by atoms with Crippen LogP contribution in [0.5, 0.6) is 5.75 Å². The number of hydrogen-bond donors (Lipinski definition) is 2. The molecule has 0 fully saturated rings. The number of hydrazine groups is 1. The minimum atomic E-state index is -0.269. The van der Waals surface area contributed by atoms with Gasteiger partial charge in [0.05, 0.1) is 17.6 Å². The minimum absolute atomic E-state index is 0.104. The van der Waals surface area contributed by atoms with Gasteiger partial charge in [0.2, 0.25) is 0 Å². The smallest absolute Gasteiger partial charge is 0.137 e. The highest BCUT2D eigenvalue weighted by atomic mass is 79.9. The van der Waals surface area contributed by atoms with Gasteiger partial charge >= 0.3 is 0 Å². The topological polar surface area (TPSA) is 47.3 Å². The van der Waals surface area contributed by atoms with Gasteiger partial charge in [-0.25, -0.2) is 4.39 Å². The van der Waals surface area contributed by atoms with Gasteiger partial charge in [-0.05, 0) is 58.1 Å². The SMILES string of the molecule is COc1ccc(C(Cc2cccc(F)c2Br)NN)cc1C. The zero-order valence-electron chi connectivity index (χ0n) is 12.0. The Morgan fingerprint density at radius 3 is 2.71 bits per heavy atom. The quantitative estimate of drug-likeness (QED) is 0.637. The first kappa shape index (κ1) is 15.9. The molecular weight excluding hydrogens is 335 g/mol. The maximum absolute atomic E-state index is 13.6. The van der Waals surface area contributed by atoms with Crippen molar-refractivity contribution in [3.63, 3.8) is 0 Å². The van der Waals surface area contributed by atoms with E-state index in [1.807, 2.05) is 31.2 Å². The number of nitrogens with one attached hydrogen (secondary N) is 1. The molecule has 2 rings (SSSR count). The number of nitrogens with two attached hydrogens (primary N) is 1. The van der Waals surface area contributed by atoms with Gasteiger partial charge in [-0.15, -0.1) is 0 Å². The number of aryl methyl sites for hydroxylation is 1. The van der Waals surface area contributed by atoms with Gasteiger partial charge in [0.25, 0.3) is 0 Å². The zero-order valence-corrected chi connectivity index (χ0v) is 13.6. The summed E-state index contributed by atoms with van der Waals surface area (Å²) in [5.74, 6) is 6.24. The lowest BCUT2D eigenvalue weighted by Crippen LogP contribution is -2.29. The molecule has 112 valence electrons. The molecule has 1 atom stereocenters. The van der Waals surface area contributed by atoms with Crippen molar-refractivity contribution in [1.82, 2.24) is 5.43 Å². The first-order valence-corrected chi connectivity index (χ1v) is 7.39. The molecule has 2 aromatic carbocycles. The van der Waals surface area contributed by atoms with E-state index in [4.69, 9.17) is 10.6 Å². The monoisotopic (exact) mass is 352 g/mol. The van der Waals surface area contributed by atoms with Crippen molar-refractivity contribution in [1.29, 1.82) is 0 Å². The van der Waals surface area contributed by atoms with Crippen LogP contribution in [0.2, 0.25) is 0 Å². The van der Waals surface area contributed by atoms with Crippen molar-refractivity contribution >= 4 is 15.9 Å². The normalized spacial score (nSPS) is 12.2. The summed E-state index contributed by atoms with van der Waals surface area (Å²) < 4.78 is 19.3. The number of methoxy groups -OCH3 is 1. The van der Waals surface area contributed by atoms with Crippen LogP contribution in [-0.4, -0.2) is 7.11 Å². The largest absolute Gasteiger partial charge is 0.496 e. The lowest BCUT2D eigenvalue weighted by atomic mass is 9.97. The van der Waals surface area contributed by atoms with Crippen LogP contribution in [0.25, 0.3) is 0 Å². The molecule has 0 aliphatic heterocycles. The molecule has 0 saturated heterocycles. The summed E-state index contributed by atoms with van der Waals surface area (Å²) in [5.41, 5.74) is 5.73. The van der Waals surface area contributed by atoms with E-state index in [1.54, 1.807) is 13.2 Å². The highest BCUT2D eigenvalue weighted by Crippen LogP contribution is 2.28. The molecule has 0 aromatic heterocycles. The first-order valence-electron chi connectivity index (χ1n) is 6.60. The summed E-state index contributed by atoms with van der Waals surface area (Å²) in [5, 5.41) is 0. The van der Waals surface area contributed by atoms with Crippen LogP contribution >= 0.6 is 15.9 Å². The Kier molecular flexibility index (Phi) is 5.33. The van der Waals surface area contributed by atoms with E-state index < -0.39 is 0 Å². The molecule has 0 amide bonds. The standard InChI is InChI=1S/C16H18BrFN2O/c1-10-8-11(6-7-15(10)21-2)14(20-19)9-12-4-3-5-13(18)16(12)17/h3-8,14,20H,9,19H2,1-2H3. The summed E-state index contributed by atoms with van der Waals surface area (Å²) in [4.78, 5) is 0. The molecule has 0 spiro atoms. The predicted molar refractivity (Wildman–Crippen MR) is 85.6 cm³/mol. The summed E-state index contributed by atoms with van der Waals surface area (Å²) in [6, 6.07) is 10.8. The first-order chi connectivity index (χ1) is 10.1.